The number of ketones is 1. The van der Waals surface area contributed by atoms with E-state index in [1.165, 1.54) is 12.1 Å². The minimum Gasteiger partial charge on any atom is -0.369 e. The smallest absolute Gasteiger partial charge is 0.369 e. The fourth-order valence-electron chi connectivity index (χ4n) is 3.84. The predicted molar refractivity (Wildman–Crippen MR) is 87.1 cm³/mol. The zero-order chi connectivity index (χ0) is 17.4. The van der Waals surface area contributed by atoms with Gasteiger partial charge in [0.05, 0.1) is 11.1 Å². The summed E-state index contributed by atoms with van der Waals surface area (Å²) in [5.41, 5.74) is -0.403. The molecule has 2 fully saturated rings. The predicted octanol–water partition coefficient (Wildman–Crippen LogP) is 3.73. The van der Waals surface area contributed by atoms with E-state index in [1.807, 2.05) is 11.8 Å². The van der Waals surface area contributed by atoms with Crippen molar-refractivity contribution in [3.05, 3.63) is 29.8 Å². The average Bonchev–Trinajstić information content (AvgIpc) is 2.57. The van der Waals surface area contributed by atoms with Gasteiger partial charge >= 0.3 is 6.18 Å². The maximum absolute atomic E-state index is 12.9. The van der Waals surface area contributed by atoms with Gasteiger partial charge in [0.25, 0.3) is 0 Å². The summed E-state index contributed by atoms with van der Waals surface area (Å²) in [6.07, 6.45) is -0.756. The lowest BCUT2D eigenvalue weighted by Crippen LogP contribution is -2.60. The van der Waals surface area contributed by atoms with E-state index in [1.54, 1.807) is 6.07 Å². The quantitative estimate of drug-likeness (QED) is 0.820. The Morgan fingerprint density at radius 3 is 2.42 bits per heavy atom. The van der Waals surface area contributed by atoms with E-state index in [2.05, 4.69) is 4.90 Å². The van der Waals surface area contributed by atoms with Crippen LogP contribution < -0.4 is 4.90 Å². The number of nitrogens with zero attached hydrogens (tertiary/aromatic N) is 2. The molecule has 2 aliphatic rings. The van der Waals surface area contributed by atoms with Crippen LogP contribution in [0.1, 0.15) is 38.2 Å². The minimum absolute atomic E-state index is 0.307. The number of Topliss-reactive ketones (excluding diaryl/α,β-unsaturated/α-hetero) is 1. The van der Waals surface area contributed by atoms with E-state index in [4.69, 9.17) is 0 Å². The van der Waals surface area contributed by atoms with Crippen molar-refractivity contribution in [3.8, 4) is 0 Å². The molecule has 0 N–H and O–H groups in total. The van der Waals surface area contributed by atoms with E-state index in [9.17, 15) is 18.0 Å². The van der Waals surface area contributed by atoms with Crippen molar-refractivity contribution in [2.75, 3.05) is 31.1 Å². The topological polar surface area (TPSA) is 23.6 Å². The third-order valence-electron chi connectivity index (χ3n) is 5.43. The Morgan fingerprint density at radius 1 is 1.08 bits per heavy atom. The number of carbonyl (C=O) groups is 1. The van der Waals surface area contributed by atoms with Crippen molar-refractivity contribution < 1.29 is 18.0 Å². The molecular weight excluding hydrogens is 317 g/mol. The number of halogens is 3. The molecule has 0 bridgehead atoms. The Kier molecular flexibility index (Phi) is 4.60. The maximum Gasteiger partial charge on any atom is 0.416 e. The van der Waals surface area contributed by atoms with Crippen LogP contribution >= 0.6 is 0 Å². The highest BCUT2D eigenvalue weighted by Crippen LogP contribution is 2.34. The lowest BCUT2D eigenvalue weighted by Gasteiger charge is -2.47. The van der Waals surface area contributed by atoms with Gasteiger partial charge in [-0.2, -0.15) is 13.2 Å². The molecule has 0 amide bonds. The van der Waals surface area contributed by atoms with Gasteiger partial charge < -0.3 is 4.90 Å². The molecule has 1 saturated heterocycles. The van der Waals surface area contributed by atoms with Gasteiger partial charge in [0.1, 0.15) is 0 Å². The summed E-state index contributed by atoms with van der Waals surface area (Å²) < 4.78 is 38.6. The summed E-state index contributed by atoms with van der Waals surface area (Å²) in [5, 5.41) is 0. The molecule has 1 aliphatic heterocycles. The van der Waals surface area contributed by atoms with Gasteiger partial charge in [0.15, 0.2) is 5.78 Å². The number of benzene rings is 1. The molecule has 1 aromatic carbocycles. The number of hydrogen-bond acceptors (Lipinski definition) is 3. The fraction of sp³-hybridized carbons (Fsp3) is 0.611. The van der Waals surface area contributed by atoms with Gasteiger partial charge in [-0.25, -0.2) is 0 Å². The van der Waals surface area contributed by atoms with Gasteiger partial charge in [-0.3, -0.25) is 9.69 Å². The summed E-state index contributed by atoms with van der Waals surface area (Å²) in [7, 11) is 0. The second-order valence-corrected chi connectivity index (χ2v) is 6.93. The van der Waals surface area contributed by atoms with E-state index in [0.717, 1.165) is 25.3 Å². The number of alkyl halides is 3. The normalized spacial score (nSPS) is 26.7. The van der Waals surface area contributed by atoms with Crippen LogP contribution in [0.15, 0.2) is 24.3 Å². The lowest BCUT2D eigenvalue weighted by atomic mass is 9.80. The summed E-state index contributed by atoms with van der Waals surface area (Å²) in [6, 6.07) is 5.49. The van der Waals surface area contributed by atoms with Gasteiger partial charge in [0.2, 0.25) is 0 Å². The number of piperazine rings is 1. The average molecular weight is 340 g/mol. The van der Waals surface area contributed by atoms with Crippen LogP contribution in [0.5, 0.6) is 0 Å². The number of anilines is 1. The third kappa shape index (κ3) is 3.29. The molecule has 1 saturated carbocycles. The maximum atomic E-state index is 12.9. The van der Waals surface area contributed by atoms with Gasteiger partial charge in [-0.1, -0.05) is 12.5 Å². The number of rotatable bonds is 2. The van der Waals surface area contributed by atoms with Gasteiger partial charge in [0, 0.05) is 38.3 Å². The summed E-state index contributed by atoms with van der Waals surface area (Å²) in [6.45, 7) is 4.72. The monoisotopic (exact) mass is 340 g/mol. The first-order valence-corrected chi connectivity index (χ1v) is 8.51. The molecular formula is C18H23F3N2O. The van der Waals surface area contributed by atoms with Crippen LogP contribution in [-0.4, -0.2) is 42.4 Å². The van der Waals surface area contributed by atoms with Crippen LogP contribution in [0, 0.1) is 0 Å². The number of carbonyl (C=O) groups excluding carboxylic acids is 1. The van der Waals surface area contributed by atoms with Crippen LogP contribution in [0.25, 0.3) is 0 Å². The molecule has 1 atom stereocenters. The first-order chi connectivity index (χ1) is 11.3. The van der Waals surface area contributed by atoms with Crippen LogP contribution in [0.3, 0.4) is 0 Å². The summed E-state index contributed by atoms with van der Waals surface area (Å²) in [5.74, 6) is 0.307. The second-order valence-electron chi connectivity index (χ2n) is 6.93. The molecule has 1 heterocycles. The SMILES string of the molecule is CC1(N2CCN(c3cccc(C(F)(F)F)c3)CC2)CCCCC1=O. The molecule has 3 nitrogen and oxygen atoms in total. The summed E-state index contributed by atoms with van der Waals surface area (Å²) in [4.78, 5) is 16.5. The fourth-order valence-corrected chi connectivity index (χ4v) is 3.84. The van der Waals surface area contributed by atoms with Gasteiger partial charge in [-0.05, 0) is 38.0 Å². The molecule has 132 valence electrons. The van der Waals surface area contributed by atoms with E-state index < -0.39 is 17.3 Å². The van der Waals surface area contributed by atoms with E-state index in [0.29, 0.717) is 44.1 Å². The molecule has 1 aromatic rings. The summed E-state index contributed by atoms with van der Waals surface area (Å²) >= 11 is 0. The first kappa shape index (κ1) is 17.3. The molecule has 0 aromatic heterocycles. The van der Waals surface area contributed by atoms with Crippen LogP contribution in [-0.2, 0) is 11.0 Å². The van der Waals surface area contributed by atoms with E-state index >= 15 is 0 Å². The largest absolute Gasteiger partial charge is 0.416 e. The van der Waals surface area contributed by atoms with Crippen molar-refractivity contribution in [1.29, 1.82) is 0 Å². The van der Waals surface area contributed by atoms with Crippen LogP contribution in [0.4, 0.5) is 18.9 Å². The highest BCUT2D eigenvalue weighted by molar-refractivity contribution is 5.88. The van der Waals surface area contributed by atoms with Crippen molar-refractivity contribution in [2.45, 2.75) is 44.3 Å². The first-order valence-electron chi connectivity index (χ1n) is 8.51. The molecule has 24 heavy (non-hydrogen) atoms. The van der Waals surface area contributed by atoms with Crippen molar-refractivity contribution in [3.63, 3.8) is 0 Å². The Labute approximate surface area is 140 Å². The van der Waals surface area contributed by atoms with Crippen LogP contribution in [0.2, 0.25) is 0 Å². The van der Waals surface area contributed by atoms with Crippen molar-refractivity contribution in [2.24, 2.45) is 0 Å². The second kappa shape index (κ2) is 6.39. The standard InChI is InChI=1S/C18H23F3N2O/c1-17(8-3-2-7-16(17)24)23-11-9-22(10-12-23)15-6-4-5-14(13-15)18(19,20)21/h4-6,13H,2-3,7-12H2,1H3. The molecule has 3 rings (SSSR count). The number of hydrogen-bond donors (Lipinski definition) is 0. The lowest BCUT2D eigenvalue weighted by molar-refractivity contribution is -0.137. The van der Waals surface area contributed by atoms with Crippen molar-refractivity contribution >= 4 is 11.5 Å². The third-order valence-corrected chi connectivity index (χ3v) is 5.43. The molecule has 1 aliphatic carbocycles. The van der Waals surface area contributed by atoms with Crippen molar-refractivity contribution in [1.82, 2.24) is 4.90 Å². The highest BCUT2D eigenvalue weighted by atomic mass is 19.4. The Balaban J connectivity index is 1.68. The zero-order valence-electron chi connectivity index (χ0n) is 13.9. The Morgan fingerprint density at radius 2 is 1.79 bits per heavy atom. The molecule has 0 spiro atoms. The van der Waals surface area contributed by atoms with E-state index in [-0.39, 0.29) is 0 Å². The Hall–Kier alpha value is -1.56. The molecule has 1 unspecified atom stereocenters. The zero-order valence-corrected chi connectivity index (χ0v) is 13.9. The minimum atomic E-state index is -4.32. The Bertz CT molecular complexity index is 609. The molecule has 6 heteroatoms. The molecule has 0 radical (unpaired) electrons. The highest BCUT2D eigenvalue weighted by Gasteiger charge is 2.41. The van der Waals surface area contributed by atoms with Gasteiger partial charge in [-0.15, -0.1) is 0 Å².